The maximum atomic E-state index is 4.38. The summed E-state index contributed by atoms with van der Waals surface area (Å²) in [6.07, 6.45) is 13.8. The summed E-state index contributed by atoms with van der Waals surface area (Å²) in [5.41, 5.74) is 1.49. The summed E-state index contributed by atoms with van der Waals surface area (Å²) < 4.78 is 0. The van der Waals surface area contributed by atoms with Crippen molar-refractivity contribution in [2.45, 2.75) is 95.8 Å². The van der Waals surface area contributed by atoms with E-state index < -0.39 is 0 Å². The minimum atomic E-state index is 0.735. The van der Waals surface area contributed by atoms with Crippen LogP contribution in [0.2, 0.25) is 0 Å². The highest BCUT2D eigenvalue weighted by Gasteiger charge is 2.08. The second-order valence-electron chi connectivity index (χ2n) is 6.94. The molecule has 0 saturated carbocycles. The highest BCUT2D eigenvalue weighted by atomic mass is 32.1. The molecule has 0 aliphatic rings. The number of unbranched alkanes of at least 4 members (excludes halogenated alkanes) is 4. The van der Waals surface area contributed by atoms with Gasteiger partial charge in [-0.1, -0.05) is 84.3 Å². The minimum absolute atomic E-state index is 0.735. The summed E-state index contributed by atoms with van der Waals surface area (Å²) in [4.78, 5) is 1.07. The van der Waals surface area contributed by atoms with Crippen molar-refractivity contribution in [3.63, 3.8) is 0 Å². The maximum absolute atomic E-state index is 4.38. The number of thiol groups is 1. The number of rotatable bonds is 12. The van der Waals surface area contributed by atoms with Gasteiger partial charge < -0.3 is 0 Å². The molecule has 0 bridgehead atoms. The SMILES string of the molecule is CCCC(C)CCCCCCCC(CC)c1ccc(S)cc1. The Morgan fingerprint density at radius 1 is 0.818 bits per heavy atom. The van der Waals surface area contributed by atoms with Crippen LogP contribution in [0, 0.1) is 5.92 Å². The maximum Gasteiger partial charge on any atom is 0.00401 e. The lowest BCUT2D eigenvalue weighted by Gasteiger charge is -2.15. The summed E-state index contributed by atoms with van der Waals surface area (Å²) in [5.74, 6) is 1.67. The molecule has 0 aliphatic heterocycles. The Labute approximate surface area is 144 Å². The predicted octanol–water partition coefficient (Wildman–Crippen LogP) is 7.64. The second-order valence-corrected chi connectivity index (χ2v) is 7.45. The van der Waals surface area contributed by atoms with Crippen LogP contribution in [0.4, 0.5) is 0 Å². The average Bonchev–Trinajstić information content (AvgIpc) is 2.51. The van der Waals surface area contributed by atoms with Gasteiger partial charge in [-0.3, -0.25) is 0 Å². The number of benzene rings is 1. The molecule has 0 radical (unpaired) electrons. The van der Waals surface area contributed by atoms with Gasteiger partial charge in [-0.25, -0.2) is 0 Å². The second kappa shape index (κ2) is 12.0. The van der Waals surface area contributed by atoms with Crippen LogP contribution in [0.25, 0.3) is 0 Å². The molecule has 22 heavy (non-hydrogen) atoms. The Bertz CT molecular complexity index is 368. The van der Waals surface area contributed by atoms with E-state index in [2.05, 4.69) is 57.7 Å². The van der Waals surface area contributed by atoms with Gasteiger partial charge in [0.15, 0.2) is 0 Å². The fourth-order valence-corrected chi connectivity index (χ4v) is 3.55. The molecule has 0 aliphatic carbocycles. The topological polar surface area (TPSA) is 0 Å². The van der Waals surface area contributed by atoms with E-state index in [4.69, 9.17) is 0 Å². The Morgan fingerprint density at radius 2 is 1.41 bits per heavy atom. The van der Waals surface area contributed by atoms with Crippen LogP contribution in [0.1, 0.15) is 96.5 Å². The molecular weight excluding hydrogens is 284 g/mol. The van der Waals surface area contributed by atoms with Gasteiger partial charge in [0.2, 0.25) is 0 Å². The van der Waals surface area contributed by atoms with Crippen molar-refractivity contribution in [2.75, 3.05) is 0 Å². The molecule has 0 N–H and O–H groups in total. The first-order valence-corrected chi connectivity index (χ1v) is 9.91. The van der Waals surface area contributed by atoms with Crippen molar-refractivity contribution >= 4 is 12.6 Å². The summed E-state index contributed by atoms with van der Waals surface area (Å²) in [6.45, 7) is 7.02. The number of hydrogen-bond donors (Lipinski definition) is 1. The van der Waals surface area contributed by atoms with E-state index in [1.807, 2.05) is 0 Å². The molecule has 0 amide bonds. The molecule has 0 aromatic heterocycles. The van der Waals surface area contributed by atoms with Crippen LogP contribution in [0.15, 0.2) is 29.2 Å². The quantitative estimate of drug-likeness (QED) is 0.297. The molecule has 0 nitrogen and oxygen atoms in total. The van der Waals surface area contributed by atoms with Crippen LogP contribution in [-0.4, -0.2) is 0 Å². The highest BCUT2D eigenvalue weighted by molar-refractivity contribution is 7.80. The van der Waals surface area contributed by atoms with E-state index >= 15 is 0 Å². The van der Waals surface area contributed by atoms with E-state index in [1.165, 1.54) is 69.8 Å². The lowest BCUT2D eigenvalue weighted by atomic mass is 9.90. The molecule has 2 unspecified atom stereocenters. The summed E-state index contributed by atoms with van der Waals surface area (Å²) >= 11 is 4.38. The zero-order valence-corrected chi connectivity index (χ0v) is 15.9. The lowest BCUT2D eigenvalue weighted by molar-refractivity contribution is 0.448. The van der Waals surface area contributed by atoms with Crippen molar-refractivity contribution in [2.24, 2.45) is 5.92 Å². The molecule has 1 aromatic rings. The van der Waals surface area contributed by atoms with Crippen molar-refractivity contribution in [3.05, 3.63) is 29.8 Å². The van der Waals surface area contributed by atoms with Crippen LogP contribution < -0.4 is 0 Å². The molecule has 1 rings (SSSR count). The summed E-state index contributed by atoms with van der Waals surface area (Å²) in [6, 6.07) is 8.76. The normalized spacial score (nSPS) is 14.0. The fourth-order valence-electron chi connectivity index (χ4n) is 3.40. The van der Waals surface area contributed by atoms with E-state index in [0.29, 0.717) is 0 Å². The molecule has 0 fully saturated rings. The molecule has 1 heteroatoms. The Balaban J connectivity index is 2.11. The van der Waals surface area contributed by atoms with Crippen molar-refractivity contribution < 1.29 is 0 Å². The average molecular weight is 321 g/mol. The van der Waals surface area contributed by atoms with Crippen LogP contribution in [0.5, 0.6) is 0 Å². The molecule has 2 atom stereocenters. The van der Waals surface area contributed by atoms with Crippen LogP contribution in [0.3, 0.4) is 0 Å². The van der Waals surface area contributed by atoms with Gasteiger partial charge in [0.05, 0.1) is 0 Å². The van der Waals surface area contributed by atoms with E-state index in [-0.39, 0.29) is 0 Å². The molecule has 0 saturated heterocycles. The standard InChI is InChI=1S/C21H36S/c1-4-11-18(3)12-9-7-6-8-10-13-19(5-2)20-14-16-21(22)17-15-20/h14-19,22H,4-13H2,1-3H3. The van der Waals surface area contributed by atoms with Gasteiger partial charge in [0.25, 0.3) is 0 Å². The Hall–Kier alpha value is -0.430. The zero-order chi connectivity index (χ0) is 16.2. The van der Waals surface area contributed by atoms with E-state index in [0.717, 1.165) is 16.7 Å². The summed E-state index contributed by atoms with van der Waals surface area (Å²) in [7, 11) is 0. The predicted molar refractivity (Wildman–Crippen MR) is 103 cm³/mol. The van der Waals surface area contributed by atoms with Gasteiger partial charge in [0, 0.05) is 4.90 Å². The van der Waals surface area contributed by atoms with Gasteiger partial charge in [0.1, 0.15) is 0 Å². The third-order valence-electron chi connectivity index (χ3n) is 4.89. The van der Waals surface area contributed by atoms with E-state index in [9.17, 15) is 0 Å². The third kappa shape index (κ3) is 8.27. The first-order chi connectivity index (χ1) is 10.7. The summed E-state index contributed by atoms with van der Waals surface area (Å²) in [5, 5.41) is 0. The van der Waals surface area contributed by atoms with Crippen LogP contribution >= 0.6 is 12.6 Å². The van der Waals surface area contributed by atoms with Gasteiger partial charge in [-0.05, 0) is 42.4 Å². The van der Waals surface area contributed by atoms with Crippen molar-refractivity contribution in [1.82, 2.24) is 0 Å². The molecule has 1 aromatic carbocycles. The van der Waals surface area contributed by atoms with Crippen molar-refractivity contribution in [1.29, 1.82) is 0 Å². The fraction of sp³-hybridized carbons (Fsp3) is 0.714. The smallest absolute Gasteiger partial charge is 0.00401 e. The van der Waals surface area contributed by atoms with Crippen LogP contribution in [-0.2, 0) is 0 Å². The minimum Gasteiger partial charge on any atom is -0.143 e. The molecule has 126 valence electrons. The Morgan fingerprint density at radius 3 is 2.00 bits per heavy atom. The van der Waals surface area contributed by atoms with Gasteiger partial charge >= 0.3 is 0 Å². The van der Waals surface area contributed by atoms with Gasteiger partial charge in [-0.2, -0.15) is 0 Å². The molecule has 0 spiro atoms. The van der Waals surface area contributed by atoms with Crippen molar-refractivity contribution in [3.8, 4) is 0 Å². The third-order valence-corrected chi connectivity index (χ3v) is 5.19. The molecule has 0 heterocycles. The molecular formula is C21H36S. The highest BCUT2D eigenvalue weighted by Crippen LogP contribution is 2.27. The largest absolute Gasteiger partial charge is 0.143 e. The first-order valence-electron chi connectivity index (χ1n) is 9.46. The Kier molecular flexibility index (Phi) is 10.7. The zero-order valence-electron chi connectivity index (χ0n) is 15.0. The van der Waals surface area contributed by atoms with E-state index in [1.54, 1.807) is 0 Å². The first kappa shape index (κ1) is 19.6. The monoisotopic (exact) mass is 320 g/mol. The number of hydrogen-bond acceptors (Lipinski definition) is 1. The van der Waals surface area contributed by atoms with Gasteiger partial charge in [-0.15, -0.1) is 12.6 Å². The lowest BCUT2D eigenvalue weighted by Crippen LogP contribution is -1.97.